The average Bonchev–Trinajstić information content (AvgIpc) is 3.12. The molecular formula is C17H15NO4S. The molecule has 3 aromatic rings. The molecule has 2 aliphatic heterocycles. The standard InChI is InChI=1S/C17H15NO4S/c19-23-21-16-10-20-9-15(17(16)22-23)18-13-7-3-1-5-11(13)12-6-2-4-8-14(12)18/h1-8,15-17H,9-10H2/t15?,16-,17?,23?/m0/s1. The number of nitrogens with zero attached hydrogens (tertiary/aromatic N) is 1. The second-order valence-corrected chi connectivity index (χ2v) is 6.70. The van der Waals surface area contributed by atoms with Crippen LogP contribution in [0.1, 0.15) is 6.04 Å². The summed E-state index contributed by atoms with van der Waals surface area (Å²) in [6.07, 6.45) is -0.543. The molecule has 118 valence electrons. The molecule has 4 atom stereocenters. The van der Waals surface area contributed by atoms with Gasteiger partial charge in [0.2, 0.25) is 0 Å². The highest BCUT2D eigenvalue weighted by atomic mass is 32.2. The Morgan fingerprint density at radius 3 is 2.26 bits per heavy atom. The third kappa shape index (κ3) is 1.99. The van der Waals surface area contributed by atoms with Gasteiger partial charge in [-0.05, 0) is 12.1 Å². The first-order chi connectivity index (χ1) is 11.3. The predicted molar refractivity (Wildman–Crippen MR) is 87.2 cm³/mol. The van der Waals surface area contributed by atoms with Crippen LogP contribution >= 0.6 is 0 Å². The number of ether oxygens (including phenoxy) is 1. The van der Waals surface area contributed by atoms with Gasteiger partial charge in [0, 0.05) is 21.8 Å². The Morgan fingerprint density at radius 1 is 0.913 bits per heavy atom. The first kappa shape index (κ1) is 13.7. The molecule has 3 unspecified atom stereocenters. The summed E-state index contributed by atoms with van der Waals surface area (Å²) in [6.45, 7) is 0.939. The van der Waals surface area contributed by atoms with Gasteiger partial charge in [0.15, 0.2) is 0 Å². The number of hydrogen-bond donors (Lipinski definition) is 0. The number of aromatic nitrogens is 1. The Labute approximate surface area is 135 Å². The Bertz CT molecular complexity index is 868. The summed E-state index contributed by atoms with van der Waals surface area (Å²) in [6, 6.07) is 16.5. The van der Waals surface area contributed by atoms with Crippen molar-refractivity contribution < 1.29 is 17.3 Å². The average molecular weight is 329 g/mol. The minimum absolute atomic E-state index is 0.0648. The van der Waals surface area contributed by atoms with Crippen molar-refractivity contribution in [2.45, 2.75) is 18.2 Å². The van der Waals surface area contributed by atoms with Gasteiger partial charge >= 0.3 is 11.4 Å². The van der Waals surface area contributed by atoms with E-state index in [1.807, 2.05) is 24.3 Å². The van der Waals surface area contributed by atoms with E-state index in [9.17, 15) is 4.21 Å². The maximum atomic E-state index is 11.7. The topological polar surface area (TPSA) is 49.7 Å². The highest BCUT2D eigenvalue weighted by Crippen LogP contribution is 2.38. The molecule has 2 aromatic carbocycles. The third-order valence-corrected chi connectivity index (χ3v) is 5.44. The van der Waals surface area contributed by atoms with Crippen LogP contribution in [0, 0.1) is 0 Å². The molecule has 2 fully saturated rings. The van der Waals surface area contributed by atoms with Gasteiger partial charge in [0.1, 0.15) is 12.2 Å². The smallest absolute Gasteiger partial charge is 0.305 e. The van der Waals surface area contributed by atoms with E-state index in [4.69, 9.17) is 13.1 Å². The van der Waals surface area contributed by atoms with Crippen molar-refractivity contribution in [2.75, 3.05) is 13.2 Å². The number of benzene rings is 2. The van der Waals surface area contributed by atoms with Crippen molar-refractivity contribution in [3.63, 3.8) is 0 Å². The third-order valence-electron chi connectivity index (χ3n) is 4.66. The molecule has 1 aromatic heterocycles. The van der Waals surface area contributed by atoms with Gasteiger partial charge < -0.3 is 9.30 Å². The zero-order chi connectivity index (χ0) is 15.4. The van der Waals surface area contributed by atoms with Crippen LogP contribution in [0.4, 0.5) is 0 Å². The number of fused-ring (bicyclic) bond motifs is 4. The first-order valence-corrected chi connectivity index (χ1v) is 8.64. The van der Waals surface area contributed by atoms with Crippen molar-refractivity contribution in [3.05, 3.63) is 48.5 Å². The molecule has 0 radical (unpaired) electrons. The lowest BCUT2D eigenvalue weighted by Crippen LogP contribution is -2.43. The van der Waals surface area contributed by atoms with Crippen LogP contribution < -0.4 is 0 Å². The van der Waals surface area contributed by atoms with Gasteiger partial charge in [-0.15, -0.1) is 0 Å². The zero-order valence-electron chi connectivity index (χ0n) is 12.3. The Morgan fingerprint density at radius 2 is 1.57 bits per heavy atom. The molecule has 0 amide bonds. The largest absolute Gasteiger partial charge is 0.376 e. The minimum atomic E-state index is -1.69. The summed E-state index contributed by atoms with van der Waals surface area (Å²) in [5.41, 5.74) is 2.26. The highest BCUT2D eigenvalue weighted by Gasteiger charge is 2.45. The molecule has 5 rings (SSSR count). The summed E-state index contributed by atoms with van der Waals surface area (Å²) in [5.74, 6) is 0. The van der Waals surface area contributed by atoms with Gasteiger partial charge in [0.05, 0.1) is 19.3 Å². The van der Waals surface area contributed by atoms with E-state index in [0.29, 0.717) is 13.2 Å². The molecule has 6 heteroatoms. The van der Waals surface area contributed by atoms with Crippen molar-refractivity contribution in [1.29, 1.82) is 0 Å². The molecule has 3 heterocycles. The quantitative estimate of drug-likeness (QED) is 0.689. The SMILES string of the molecule is O=S1OC2C(n3c4ccccc4c4ccccc43)COC[C@@H]2O1. The maximum absolute atomic E-state index is 11.7. The van der Waals surface area contributed by atoms with E-state index < -0.39 is 11.4 Å². The van der Waals surface area contributed by atoms with Gasteiger partial charge in [-0.2, -0.15) is 4.21 Å². The number of rotatable bonds is 1. The molecular weight excluding hydrogens is 314 g/mol. The molecule has 0 N–H and O–H groups in total. The molecule has 2 saturated heterocycles. The minimum Gasteiger partial charge on any atom is -0.376 e. The molecule has 0 saturated carbocycles. The molecule has 0 aliphatic carbocycles. The molecule has 2 aliphatic rings. The lowest BCUT2D eigenvalue weighted by molar-refractivity contribution is -0.0519. The van der Waals surface area contributed by atoms with Crippen molar-refractivity contribution in [2.24, 2.45) is 0 Å². The molecule has 23 heavy (non-hydrogen) atoms. The Kier molecular flexibility index (Phi) is 3.06. The van der Waals surface area contributed by atoms with Gasteiger partial charge in [0.25, 0.3) is 0 Å². The Hall–Kier alpha value is -1.73. The fourth-order valence-electron chi connectivity index (χ4n) is 3.70. The summed E-state index contributed by atoms with van der Waals surface area (Å²) >= 11 is -1.69. The van der Waals surface area contributed by atoms with Crippen LogP contribution in [0.15, 0.2) is 48.5 Å². The van der Waals surface area contributed by atoms with Crippen LogP contribution in [0.3, 0.4) is 0 Å². The van der Waals surface area contributed by atoms with Crippen molar-refractivity contribution in [1.82, 2.24) is 4.57 Å². The summed E-state index contributed by atoms with van der Waals surface area (Å²) in [7, 11) is 0. The van der Waals surface area contributed by atoms with E-state index >= 15 is 0 Å². The zero-order valence-corrected chi connectivity index (χ0v) is 13.1. The summed E-state index contributed by atoms with van der Waals surface area (Å²) in [5, 5.41) is 2.40. The monoisotopic (exact) mass is 329 g/mol. The normalized spacial score (nSPS) is 30.8. The lowest BCUT2D eigenvalue weighted by atomic mass is 10.0. The van der Waals surface area contributed by atoms with Crippen molar-refractivity contribution >= 4 is 33.2 Å². The van der Waals surface area contributed by atoms with Crippen LogP contribution in [0.5, 0.6) is 0 Å². The van der Waals surface area contributed by atoms with Gasteiger partial charge in [-0.25, -0.2) is 0 Å². The van der Waals surface area contributed by atoms with E-state index in [0.717, 1.165) is 11.0 Å². The second kappa shape index (κ2) is 5.14. The van der Waals surface area contributed by atoms with E-state index in [2.05, 4.69) is 28.8 Å². The predicted octanol–water partition coefficient (Wildman–Crippen LogP) is 2.73. The van der Waals surface area contributed by atoms with E-state index in [1.54, 1.807) is 0 Å². The highest BCUT2D eigenvalue weighted by molar-refractivity contribution is 7.75. The summed E-state index contributed by atoms with van der Waals surface area (Å²) in [4.78, 5) is 0. The fourth-order valence-corrected chi connectivity index (χ4v) is 4.54. The molecule has 5 nitrogen and oxygen atoms in total. The lowest BCUT2D eigenvalue weighted by Gasteiger charge is -2.32. The maximum Gasteiger partial charge on any atom is 0.305 e. The van der Waals surface area contributed by atoms with Gasteiger partial charge in [-0.3, -0.25) is 8.37 Å². The van der Waals surface area contributed by atoms with Crippen LogP contribution in [0.2, 0.25) is 0 Å². The number of hydrogen-bond acceptors (Lipinski definition) is 4. The van der Waals surface area contributed by atoms with Gasteiger partial charge in [-0.1, -0.05) is 36.4 Å². The van der Waals surface area contributed by atoms with E-state index in [-0.39, 0.29) is 18.2 Å². The van der Waals surface area contributed by atoms with Crippen LogP contribution in [-0.2, 0) is 24.5 Å². The van der Waals surface area contributed by atoms with Crippen LogP contribution in [0.25, 0.3) is 21.8 Å². The number of para-hydroxylation sites is 2. The van der Waals surface area contributed by atoms with Crippen LogP contribution in [-0.4, -0.2) is 34.2 Å². The van der Waals surface area contributed by atoms with Crippen molar-refractivity contribution in [3.8, 4) is 0 Å². The van der Waals surface area contributed by atoms with E-state index in [1.165, 1.54) is 10.8 Å². The molecule has 0 bridgehead atoms. The second-order valence-electron chi connectivity index (χ2n) is 5.91. The summed E-state index contributed by atoms with van der Waals surface area (Å²) < 4.78 is 30.5. The fraction of sp³-hybridized carbons (Fsp3) is 0.294. The Balaban J connectivity index is 1.76. The molecule has 0 spiro atoms. The first-order valence-electron chi connectivity index (χ1n) is 7.64.